The number of carbonyl (C=O) groups is 2. The van der Waals surface area contributed by atoms with Gasteiger partial charge in [-0.15, -0.1) is 0 Å². The molecule has 0 rings (SSSR count). The molecular weight excluding hydrogens is 172 g/mol. The summed E-state index contributed by atoms with van der Waals surface area (Å²) in [5.41, 5.74) is 0. The lowest BCUT2D eigenvalue weighted by atomic mass is 10.5. The van der Waals surface area contributed by atoms with Crippen molar-refractivity contribution in [3.63, 3.8) is 0 Å². The van der Waals surface area contributed by atoms with Crippen molar-refractivity contribution in [2.75, 3.05) is 13.2 Å². The Morgan fingerprint density at radius 3 is 2.36 bits per heavy atom. The molecule has 11 heavy (non-hydrogen) atoms. The van der Waals surface area contributed by atoms with E-state index in [1.165, 1.54) is 7.11 Å². The molecule has 5 heteroatoms. The average Bonchev–Trinajstić information content (AvgIpc) is 2.01. The van der Waals surface area contributed by atoms with Gasteiger partial charge in [0.05, 0.1) is 7.11 Å². The van der Waals surface area contributed by atoms with E-state index in [4.69, 9.17) is 11.6 Å². The summed E-state index contributed by atoms with van der Waals surface area (Å²) in [4.78, 5) is 20.8. The molecule has 62 valence electrons. The van der Waals surface area contributed by atoms with Gasteiger partial charge >= 0.3 is 11.9 Å². The van der Waals surface area contributed by atoms with Crippen LogP contribution in [0.15, 0.2) is 12.2 Å². The predicted octanol–water partition coefficient (Wildman–Crippen LogP) is 0.455. The Morgan fingerprint density at radius 1 is 1.36 bits per heavy atom. The minimum Gasteiger partial charge on any atom is -0.466 e. The summed E-state index contributed by atoms with van der Waals surface area (Å²) in [6.07, 6.45) is 1.89. The molecule has 0 heterocycles. The number of hydrogen-bond donors (Lipinski definition) is 0. The van der Waals surface area contributed by atoms with E-state index < -0.39 is 11.9 Å². The highest BCUT2D eigenvalue weighted by atomic mass is 35.5. The highest BCUT2D eigenvalue weighted by Crippen LogP contribution is 1.85. The largest absolute Gasteiger partial charge is 0.466 e. The molecule has 0 fully saturated rings. The maximum absolute atomic E-state index is 10.5. The minimum atomic E-state index is -0.676. The van der Waals surface area contributed by atoms with Gasteiger partial charge in [0.25, 0.3) is 0 Å². The molecule has 0 aromatic rings. The Balaban J connectivity index is 3.73. The molecule has 4 nitrogen and oxygen atoms in total. The average molecular weight is 179 g/mol. The Bertz CT molecular complexity index is 175. The number of esters is 2. The standard InChI is InChI=1S/C6H7ClO4/c1-10-5(8)2-3-6(9)11-4-7/h2-3H,4H2,1H3. The van der Waals surface area contributed by atoms with Gasteiger partial charge in [-0.2, -0.15) is 0 Å². The number of ether oxygens (including phenoxy) is 2. The van der Waals surface area contributed by atoms with Gasteiger partial charge < -0.3 is 9.47 Å². The first-order valence-electron chi connectivity index (χ1n) is 2.69. The van der Waals surface area contributed by atoms with E-state index in [0.717, 1.165) is 12.2 Å². The quantitative estimate of drug-likeness (QED) is 0.358. The van der Waals surface area contributed by atoms with E-state index in [1.54, 1.807) is 0 Å². The molecule has 0 atom stereocenters. The topological polar surface area (TPSA) is 52.6 Å². The highest BCUT2D eigenvalue weighted by Gasteiger charge is 1.96. The smallest absolute Gasteiger partial charge is 0.332 e. The van der Waals surface area contributed by atoms with E-state index in [1.807, 2.05) is 0 Å². The summed E-state index contributed by atoms with van der Waals surface area (Å²) in [7, 11) is 1.21. The van der Waals surface area contributed by atoms with Crippen LogP contribution < -0.4 is 0 Å². The van der Waals surface area contributed by atoms with Crippen molar-refractivity contribution in [2.24, 2.45) is 0 Å². The summed E-state index contributed by atoms with van der Waals surface area (Å²) in [6.45, 7) is 0. The van der Waals surface area contributed by atoms with E-state index in [0.29, 0.717) is 0 Å². The molecule has 0 aromatic heterocycles. The summed E-state index contributed by atoms with van der Waals surface area (Å²) in [5.74, 6) is -1.29. The van der Waals surface area contributed by atoms with Crippen LogP contribution in [0.1, 0.15) is 0 Å². The number of alkyl halides is 1. The van der Waals surface area contributed by atoms with Crippen LogP contribution in [-0.4, -0.2) is 25.1 Å². The molecule has 0 amide bonds. The van der Waals surface area contributed by atoms with Crippen molar-refractivity contribution in [1.29, 1.82) is 0 Å². The van der Waals surface area contributed by atoms with E-state index in [2.05, 4.69) is 9.47 Å². The Hall–Kier alpha value is -1.03. The first-order valence-corrected chi connectivity index (χ1v) is 3.23. The van der Waals surface area contributed by atoms with Crippen LogP contribution in [-0.2, 0) is 19.1 Å². The van der Waals surface area contributed by atoms with Gasteiger partial charge in [0.1, 0.15) is 0 Å². The number of hydrogen-bond acceptors (Lipinski definition) is 4. The van der Waals surface area contributed by atoms with E-state index in [9.17, 15) is 9.59 Å². The molecule has 0 unspecified atom stereocenters. The first kappa shape index (κ1) is 9.97. The Labute approximate surface area is 68.7 Å². The van der Waals surface area contributed by atoms with Crippen molar-refractivity contribution in [1.82, 2.24) is 0 Å². The van der Waals surface area contributed by atoms with Crippen molar-refractivity contribution in [2.45, 2.75) is 0 Å². The van der Waals surface area contributed by atoms with Crippen LogP contribution >= 0.6 is 11.6 Å². The normalized spacial score (nSPS) is 9.64. The van der Waals surface area contributed by atoms with Crippen LogP contribution in [0.5, 0.6) is 0 Å². The van der Waals surface area contributed by atoms with Gasteiger partial charge in [-0.05, 0) is 0 Å². The monoisotopic (exact) mass is 178 g/mol. The number of rotatable bonds is 3. The zero-order valence-corrected chi connectivity index (χ0v) is 6.63. The molecule has 0 aromatic carbocycles. The van der Waals surface area contributed by atoms with Gasteiger partial charge in [-0.3, -0.25) is 0 Å². The van der Waals surface area contributed by atoms with Crippen molar-refractivity contribution in [3.05, 3.63) is 12.2 Å². The summed E-state index contributed by atoms with van der Waals surface area (Å²) >= 11 is 5.05. The predicted molar refractivity (Wildman–Crippen MR) is 38.0 cm³/mol. The van der Waals surface area contributed by atoms with Gasteiger partial charge in [0, 0.05) is 12.2 Å². The van der Waals surface area contributed by atoms with Crippen LogP contribution in [0.25, 0.3) is 0 Å². The first-order chi connectivity index (χ1) is 5.20. The summed E-state index contributed by atoms with van der Waals surface area (Å²) in [5, 5.41) is 0. The van der Waals surface area contributed by atoms with Gasteiger partial charge in [-0.1, -0.05) is 11.6 Å². The van der Waals surface area contributed by atoms with Gasteiger partial charge in [-0.25, -0.2) is 9.59 Å². The lowest BCUT2D eigenvalue weighted by molar-refractivity contribution is -0.138. The number of halogens is 1. The zero-order chi connectivity index (χ0) is 8.69. The molecular formula is C6H7ClO4. The zero-order valence-electron chi connectivity index (χ0n) is 5.87. The summed E-state index contributed by atoms with van der Waals surface area (Å²) in [6, 6.07) is -0.232. The van der Waals surface area contributed by atoms with E-state index >= 15 is 0 Å². The molecule has 0 aliphatic rings. The molecule has 0 N–H and O–H groups in total. The fourth-order valence-corrected chi connectivity index (χ4v) is 0.414. The number of methoxy groups -OCH3 is 1. The van der Waals surface area contributed by atoms with Crippen LogP contribution in [0.3, 0.4) is 0 Å². The molecule has 0 bridgehead atoms. The molecule has 0 aliphatic heterocycles. The SMILES string of the molecule is COC(=O)C=CC(=O)OCCl. The molecule has 0 radical (unpaired) electrons. The highest BCUT2D eigenvalue weighted by molar-refractivity contribution is 6.17. The molecule has 0 saturated heterocycles. The second-order valence-corrected chi connectivity index (χ2v) is 1.65. The second kappa shape index (κ2) is 5.73. The third kappa shape index (κ3) is 5.42. The maximum Gasteiger partial charge on any atom is 0.332 e. The van der Waals surface area contributed by atoms with Crippen LogP contribution in [0.4, 0.5) is 0 Å². The maximum atomic E-state index is 10.5. The van der Waals surface area contributed by atoms with Crippen molar-refractivity contribution >= 4 is 23.5 Å². The minimum absolute atomic E-state index is 0.232. The second-order valence-electron chi connectivity index (χ2n) is 1.43. The Kier molecular flexibility index (Phi) is 5.20. The van der Waals surface area contributed by atoms with Gasteiger partial charge in [0.15, 0.2) is 6.07 Å². The van der Waals surface area contributed by atoms with Crippen molar-refractivity contribution < 1.29 is 19.1 Å². The van der Waals surface area contributed by atoms with Crippen LogP contribution in [0.2, 0.25) is 0 Å². The lowest BCUT2D eigenvalue weighted by Crippen LogP contribution is -2.00. The Morgan fingerprint density at radius 2 is 1.91 bits per heavy atom. The van der Waals surface area contributed by atoms with Gasteiger partial charge in [0.2, 0.25) is 0 Å². The fourth-order valence-electron chi connectivity index (χ4n) is 0.306. The summed E-state index contributed by atoms with van der Waals surface area (Å²) < 4.78 is 8.48. The molecule has 0 saturated carbocycles. The van der Waals surface area contributed by atoms with Crippen molar-refractivity contribution in [3.8, 4) is 0 Å². The fraction of sp³-hybridized carbons (Fsp3) is 0.333. The lowest BCUT2D eigenvalue weighted by Gasteiger charge is -1.92. The van der Waals surface area contributed by atoms with E-state index in [-0.39, 0.29) is 6.07 Å². The third-order valence-corrected chi connectivity index (χ3v) is 0.863. The number of carbonyl (C=O) groups excluding carboxylic acids is 2. The third-order valence-electron chi connectivity index (χ3n) is 0.753. The molecule has 0 aliphatic carbocycles. The molecule has 0 spiro atoms. The van der Waals surface area contributed by atoms with Crippen LogP contribution in [0, 0.1) is 0 Å².